The van der Waals surface area contributed by atoms with E-state index in [0.717, 1.165) is 12.1 Å². The van der Waals surface area contributed by atoms with Gasteiger partial charge in [-0.05, 0) is 18.2 Å². The molecule has 0 fully saturated rings. The maximum atomic E-state index is 12.5. The van der Waals surface area contributed by atoms with Gasteiger partial charge in [-0.2, -0.15) is 13.2 Å². The highest BCUT2D eigenvalue weighted by atomic mass is 19.4. The Morgan fingerprint density at radius 2 is 2.00 bits per heavy atom. The Balaban J connectivity index is 2.37. The fourth-order valence-corrected chi connectivity index (χ4v) is 1.59. The standard InChI is InChI=1S/C13H12F3NO2/c1-7(2)12(18)19-11-6-17-10-5-8(13(14,15)16)3-4-9(10)11/h3-7,17H,1-2H3. The number of H-pyrrole nitrogens is 1. The van der Waals surface area contributed by atoms with Gasteiger partial charge in [0.15, 0.2) is 5.75 Å². The Kier molecular flexibility index (Phi) is 3.26. The van der Waals surface area contributed by atoms with Gasteiger partial charge < -0.3 is 9.72 Å². The summed E-state index contributed by atoms with van der Waals surface area (Å²) < 4.78 is 42.7. The molecule has 0 radical (unpaired) electrons. The first kappa shape index (κ1) is 13.5. The molecule has 6 heteroatoms. The van der Waals surface area contributed by atoms with Crippen LogP contribution in [0.1, 0.15) is 19.4 Å². The minimum Gasteiger partial charge on any atom is -0.424 e. The molecular formula is C13H12F3NO2. The van der Waals surface area contributed by atoms with E-state index in [1.807, 2.05) is 0 Å². The van der Waals surface area contributed by atoms with Crippen molar-refractivity contribution in [3.8, 4) is 5.75 Å². The summed E-state index contributed by atoms with van der Waals surface area (Å²) in [4.78, 5) is 14.1. The molecule has 2 rings (SSSR count). The number of alkyl halides is 3. The summed E-state index contributed by atoms with van der Waals surface area (Å²) >= 11 is 0. The van der Waals surface area contributed by atoms with Gasteiger partial charge in [-0.15, -0.1) is 0 Å². The number of carbonyl (C=O) groups is 1. The van der Waals surface area contributed by atoms with Gasteiger partial charge >= 0.3 is 12.1 Å². The molecule has 1 aromatic heterocycles. The monoisotopic (exact) mass is 271 g/mol. The van der Waals surface area contributed by atoms with Crippen molar-refractivity contribution in [1.29, 1.82) is 0 Å². The number of benzene rings is 1. The van der Waals surface area contributed by atoms with E-state index in [1.54, 1.807) is 13.8 Å². The number of halogens is 3. The van der Waals surface area contributed by atoms with Crippen LogP contribution < -0.4 is 4.74 Å². The second-order valence-electron chi connectivity index (χ2n) is 4.49. The minimum atomic E-state index is -4.39. The fourth-order valence-electron chi connectivity index (χ4n) is 1.59. The molecule has 0 amide bonds. The van der Waals surface area contributed by atoms with E-state index < -0.39 is 17.7 Å². The molecule has 0 unspecified atom stereocenters. The van der Waals surface area contributed by atoms with Crippen LogP contribution in [0.15, 0.2) is 24.4 Å². The minimum absolute atomic E-state index is 0.238. The summed E-state index contributed by atoms with van der Waals surface area (Å²) in [5.41, 5.74) is -0.468. The van der Waals surface area contributed by atoms with Gasteiger partial charge in [-0.3, -0.25) is 4.79 Å². The SMILES string of the molecule is CC(C)C(=O)Oc1c[nH]c2cc(C(F)(F)F)ccc12. The normalized spacial score (nSPS) is 12.1. The van der Waals surface area contributed by atoms with Crippen molar-refractivity contribution in [2.75, 3.05) is 0 Å². The highest BCUT2D eigenvalue weighted by Crippen LogP contribution is 2.33. The second-order valence-corrected chi connectivity index (χ2v) is 4.49. The van der Waals surface area contributed by atoms with Crippen LogP contribution in [0.3, 0.4) is 0 Å². The van der Waals surface area contributed by atoms with Crippen LogP contribution in [0.2, 0.25) is 0 Å². The Morgan fingerprint density at radius 1 is 1.32 bits per heavy atom. The van der Waals surface area contributed by atoms with Crippen LogP contribution in [0.5, 0.6) is 5.75 Å². The van der Waals surface area contributed by atoms with Gasteiger partial charge in [0.2, 0.25) is 0 Å². The third kappa shape index (κ3) is 2.72. The number of aromatic amines is 1. The number of fused-ring (bicyclic) bond motifs is 1. The van der Waals surface area contributed by atoms with Crippen LogP contribution in [-0.4, -0.2) is 11.0 Å². The molecule has 0 saturated heterocycles. The first-order valence-corrected chi connectivity index (χ1v) is 5.69. The first-order valence-electron chi connectivity index (χ1n) is 5.69. The van der Waals surface area contributed by atoms with E-state index >= 15 is 0 Å². The quantitative estimate of drug-likeness (QED) is 0.845. The summed E-state index contributed by atoms with van der Waals surface area (Å²) in [6, 6.07) is 3.24. The molecule has 0 aliphatic rings. The maximum Gasteiger partial charge on any atom is 0.416 e. The van der Waals surface area contributed by atoms with E-state index in [4.69, 9.17) is 4.74 Å². The third-order valence-corrected chi connectivity index (χ3v) is 2.65. The molecule has 3 nitrogen and oxygen atoms in total. The molecular weight excluding hydrogens is 259 g/mol. The summed E-state index contributed by atoms with van der Waals surface area (Å²) in [6.45, 7) is 3.36. The smallest absolute Gasteiger partial charge is 0.416 e. The average Bonchev–Trinajstić information content (AvgIpc) is 2.70. The predicted molar refractivity (Wildman–Crippen MR) is 63.8 cm³/mol. The topological polar surface area (TPSA) is 42.1 Å². The number of nitrogens with one attached hydrogen (secondary N) is 1. The lowest BCUT2D eigenvalue weighted by molar-refractivity contribution is -0.138. The van der Waals surface area contributed by atoms with Gasteiger partial charge in [0, 0.05) is 17.1 Å². The summed E-state index contributed by atoms with van der Waals surface area (Å²) in [7, 11) is 0. The van der Waals surface area contributed by atoms with Crippen molar-refractivity contribution >= 4 is 16.9 Å². The molecule has 0 atom stereocenters. The molecule has 1 N–H and O–H groups in total. The van der Waals surface area contributed by atoms with E-state index in [-0.39, 0.29) is 17.2 Å². The number of esters is 1. The molecule has 0 saturated carbocycles. The summed E-state index contributed by atoms with van der Waals surface area (Å²) in [5.74, 6) is -0.498. The molecule has 1 heterocycles. The predicted octanol–water partition coefficient (Wildman–Crippen LogP) is 3.75. The van der Waals surface area contributed by atoms with E-state index in [0.29, 0.717) is 5.39 Å². The zero-order valence-corrected chi connectivity index (χ0v) is 10.3. The summed E-state index contributed by atoms with van der Waals surface area (Å²) in [6.07, 6.45) is -3.01. The van der Waals surface area contributed by atoms with Gasteiger partial charge in [-0.25, -0.2) is 0 Å². The molecule has 19 heavy (non-hydrogen) atoms. The highest BCUT2D eigenvalue weighted by Gasteiger charge is 2.30. The molecule has 1 aromatic carbocycles. The van der Waals surface area contributed by atoms with E-state index in [9.17, 15) is 18.0 Å². The lowest BCUT2D eigenvalue weighted by Gasteiger charge is -2.07. The molecule has 2 aromatic rings. The Bertz CT molecular complexity index is 614. The Hall–Kier alpha value is -1.98. The largest absolute Gasteiger partial charge is 0.424 e. The zero-order valence-electron chi connectivity index (χ0n) is 10.3. The van der Waals surface area contributed by atoms with Crippen molar-refractivity contribution in [2.24, 2.45) is 5.92 Å². The molecule has 0 spiro atoms. The fraction of sp³-hybridized carbons (Fsp3) is 0.308. The lowest BCUT2D eigenvalue weighted by atomic mass is 10.1. The first-order chi connectivity index (χ1) is 8.79. The lowest BCUT2D eigenvalue weighted by Crippen LogP contribution is -2.14. The Labute approximate surface area is 107 Å². The van der Waals surface area contributed by atoms with Crippen LogP contribution in [-0.2, 0) is 11.0 Å². The number of carbonyl (C=O) groups excluding carboxylic acids is 1. The van der Waals surface area contributed by atoms with Crippen LogP contribution in [0.4, 0.5) is 13.2 Å². The van der Waals surface area contributed by atoms with Crippen molar-refractivity contribution in [2.45, 2.75) is 20.0 Å². The third-order valence-electron chi connectivity index (χ3n) is 2.65. The number of aromatic nitrogens is 1. The Morgan fingerprint density at radius 3 is 2.58 bits per heavy atom. The van der Waals surface area contributed by atoms with Gasteiger partial charge in [0.25, 0.3) is 0 Å². The molecule has 102 valence electrons. The number of rotatable bonds is 2. The molecule has 0 aliphatic carbocycles. The summed E-state index contributed by atoms with van der Waals surface area (Å²) in [5, 5.41) is 0.446. The number of ether oxygens (including phenoxy) is 1. The van der Waals surface area contributed by atoms with E-state index in [1.165, 1.54) is 12.3 Å². The average molecular weight is 271 g/mol. The van der Waals surface area contributed by atoms with Gasteiger partial charge in [0.1, 0.15) is 0 Å². The van der Waals surface area contributed by atoms with Crippen molar-refractivity contribution in [3.05, 3.63) is 30.0 Å². The highest BCUT2D eigenvalue weighted by molar-refractivity contribution is 5.89. The van der Waals surface area contributed by atoms with Gasteiger partial charge in [-0.1, -0.05) is 13.8 Å². The van der Waals surface area contributed by atoms with Crippen molar-refractivity contribution < 1.29 is 22.7 Å². The second kappa shape index (κ2) is 4.60. The van der Waals surface area contributed by atoms with Crippen molar-refractivity contribution in [3.63, 3.8) is 0 Å². The zero-order chi connectivity index (χ0) is 14.2. The maximum absolute atomic E-state index is 12.5. The number of hydrogen-bond donors (Lipinski definition) is 1. The van der Waals surface area contributed by atoms with Crippen LogP contribution in [0, 0.1) is 5.92 Å². The van der Waals surface area contributed by atoms with Crippen molar-refractivity contribution in [1.82, 2.24) is 4.98 Å². The van der Waals surface area contributed by atoms with Crippen LogP contribution >= 0.6 is 0 Å². The molecule has 0 bridgehead atoms. The number of hydrogen-bond acceptors (Lipinski definition) is 2. The van der Waals surface area contributed by atoms with Crippen LogP contribution in [0.25, 0.3) is 10.9 Å². The van der Waals surface area contributed by atoms with Gasteiger partial charge in [0.05, 0.1) is 11.5 Å². The molecule has 0 aliphatic heterocycles. The van der Waals surface area contributed by atoms with E-state index in [2.05, 4.69) is 4.98 Å².